The van der Waals surface area contributed by atoms with Crippen LogP contribution in [0.4, 0.5) is 0 Å². The number of hydrogen-bond donors (Lipinski definition) is 2. The molecule has 1 aromatic rings. The van der Waals surface area contributed by atoms with E-state index in [1.54, 1.807) is 17.5 Å². The molecule has 0 aliphatic heterocycles. The van der Waals surface area contributed by atoms with Crippen LogP contribution < -0.4 is 10.5 Å². The van der Waals surface area contributed by atoms with Gasteiger partial charge in [-0.15, -0.1) is 11.3 Å². The van der Waals surface area contributed by atoms with Crippen LogP contribution in [-0.4, -0.2) is 21.0 Å². The third-order valence-electron chi connectivity index (χ3n) is 3.28. The molecule has 1 saturated carbocycles. The molecular weight excluding hydrogens is 256 g/mol. The van der Waals surface area contributed by atoms with Crippen LogP contribution in [0.2, 0.25) is 0 Å². The van der Waals surface area contributed by atoms with Gasteiger partial charge >= 0.3 is 0 Å². The van der Waals surface area contributed by atoms with E-state index in [2.05, 4.69) is 4.72 Å². The minimum absolute atomic E-state index is 0.000787. The van der Waals surface area contributed by atoms with Gasteiger partial charge in [0, 0.05) is 6.04 Å². The first-order valence-corrected chi connectivity index (χ1v) is 8.25. The molecule has 6 heteroatoms. The van der Waals surface area contributed by atoms with E-state index in [1.165, 1.54) is 11.3 Å². The smallest absolute Gasteiger partial charge is 0.250 e. The Bertz CT molecular complexity index is 442. The molecule has 17 heavy (non-hydrogen) atoms. The Morgan fingerprint density at radius 1 is 1.41 bits per heavy atom. The predicted octanol–water partition coefficient (Wildman–Crippen LogP) is 1.54. The summed E-state index contributed by atoms with van der Waals surface area (Å²) in [6.07, 6.45) is 4.15. The molecule has 0 bridgehead atoms. The van der Waals surface area contributed by atoms with Gasteiger partial charge in [-0.05, 0) is 36.8 Å². The summed E-state index contributed by atoms with van der Waals surface area (Å²) in [6.45, 7) is 0.553. The van der Waals surface area contributed by atoms with E-state index >= 15 is 0 Å². The van der Waals surface area contributed by atoms with Gasteiger partial charge in [-0.1, -0.05) is 18.9 Å². The average Bonchev–Trinajstić information content (AvgIpc) is 2.83. The van der Waals surface area contributed by atoms with Crippen molar-refractivity contribution in [3.63, 3.8) is 0 Å². The highest BCUT2D eigenvalue weighted by Crippen LogP contribution is 2.26. The number of nitrogens with one attached hydrogen (secondary N) is 1. The second kappa shape index (κ2) is 5.48. The molecule has 1 aliphatic rings. The Balaban J connectivity index is 2.09. The minimum atomic E-state index is -3.35. The number of hydrogen-bond acceptors (Lipinski definition) is 4. The van der Waals surface area contributed by atoms with Gasteiger partial charge in [0.25, 0.3) is 0 Å². The van der Waals surface area contributed by atoms with E-state index in [4.69, 9.17) is 5.73 Å². The molecule has 3 N–H and O–H groups in total. The van der Waals surface area contributed by atoms with Crippen LogP contribution in [0.25, 0.3) is 0 Å². The summed E-state index contributed by atoms with van der Waals surface area (Å²) in [7, 11) is -3.35. The molecule has 1 fully saturated rings. The summed E-state index contributed by atoms with van der Waals surface area (Å²) < 4.78 is 27.4. The summed E-state index contributed by atoms with van der Waals surface area (Å²) in [5.74, 6) is 0.276. The van der Waals surface area contributed by atoms with Crippen LogP contribution in [0.5, 0.6) is 0 Å². The molecule has 0 aromatic carbocycles. The standard InChI is InChI=1S/C11H18N2O2S2/c12-8-9-4-1-2-5-10(9)13-17(14,15)11-6-3-7-16-11/h3,6-7,9-10,13H,1-2,4-5,8,12H2. The van der Waals surface area contributed by atoms with Crippen molar-refractivity contribution in [1.82, 2.24) is 4.72 Å². The number of nitrogens with two attached hydrogens (primary N) is 1. The predicted molar refractivity (Wildman–Crippen MR) is 69.4 cm³/mol. The lowest BCUT2D eigenvalue weighted by Crippen LogP contribution is -2.44. The maximum atomic E-state index is 12.1. The monoisotopic (exact) mass is 274 g/mol. The lowest BCUT2D eigenvalue weighted by atomic mass is 9.85. The molecule has 0 radical (unpaired) electrons. The van der Waals surface area contributed by atoms with E-state index in [-0.39, 0.29) is 12.0 Å². The number of thiophene rings is 1. The Morgan fingerprint density at radius 2 is 2.18 bits per heavy atom. The van der Waals surface area contributed by atoms with Gasteiger partial charge < -0.3 is 5.73 Å². The Kier molecular flexibility index (Phi) is 4.19. The van der Waals surface area contributed by atoms with Crippen molar-refractivity contribution >= 4 is 21.4 Å². The third-order valence-corrected chi connectivity index (χ3v) is 6.17. The third kappa shape index (κ3) is 3.07. The van der Waals surface area contributed by atoms with Crippen molar-refractivity contribution in [2.45, 2.75) is 35.9 Å². The van der Waals surface area contributed by atoms with Crippen LogP contribution in [0.3, 0.4) is 0 Å². The lowest BCUT2D eigenvalue weighted by Gasteiger charge is -2.30. The summed E-state index contributed by atoms with van der Waals surface area (Å²) >= 11 is 1.25. The van der Waals surface area contributed by atoms with E-state index in [1.807, 2.05) is 0 Å². The quantitative estimate of drug-likeness (QED) is 0.875. The van der Waals surface area contributed by atoms with Gasteiger partial charge in [-0.2, -0.15) is 0 Å². The molecular formula is C11H18N2O2S2. The van der Waals surface area contributed by atoms with Gasteiger partial charge in [0.1, 0.15) is 4.21 Å². The maximum Gasteiger partial charge on any atom is 0.250 e. The first-order chi connectivity index (χ1) is 8.13. The van der Waals surface area contributed by atoms with Crippen LogP contribution in [-0.2, 0) is 10.0 Å². The molecule has 0 spiro atoms. The fraction of sp³-hybridized carbons (Fsp3) is 0.636. The zero-order valence-electron chi connectivity index (χ0n) is 9.63. The summed E-state index contributed by atoms with van der Waals surface area (Å²) in [6, 6.07) is 3.38. The van der Waals surface area contributed by atoms with Gasteiger partial charge in [0.2, 0.25) is 10.0 Å². The SMILES string of the molecule is NCC1CCCCC1NS(=O)(=O)c1cccs1. The average molecular weight is 274 g/mol. The van der Waals surface area contributed by atoms with E-state index in [0.29, 0.717) is 10.8 Å². The Hall–Kier alpha value is -0.430. The van der Waals surface area contributed by atoms with Crippen LogP contribution in [0.15, 0.2) is 21.7 Å². The second-order valence-electron chi connectivity index (χ2n) is 4.44. The molecule has 4 nitrogen and oxygen atoms in total. The Labute approximate surface area is 106 Å². The molecule has 1 heterocycles. The largest absolute Gasteiger partial charge is 0.330 e. The molecule has 1 aliphatic carbocycles. The van der Waals surface area contributed by atoms with Crippen molar-refractivity contribution in [3.05, 3.63) is 17.5 Å². The molecule has 1 aromatic heterocycles. The lowest BCUT2D eigenvalue weighted by molar-refractivity contribution is 0.296. The molecule has 0 saturated heterocycles. The molecule has 2 rings (SSSR count). The van der Waals surface area contributed by atoms with Crippen molar-refractivity contribution in [2.24, 2.45) is 11.7 Å². The highest BCUT2D eigenvalue weighted by molar-refractivity contribution is 7.91. The fourth-order valence-corrected chi connectivity index (χ4v) is 4.67. The molecule has 96 valence electrons. The van der Waals surface area contributed by atoms with Gasteiger partial charge in [0.05, 0.1) is 0 Å². The Morgan fingerprint density at radius 3 is 2.82 bits per heavy atom. The summed E-state index contributed by atoms with van der Waals surface area (Å²) in [4.78, 5) is 0. The minimum Gasteiger partial charge on any atom is -0.330 e. The highest BCUT2D eigenvalue weighted by Gasteiger charge is 2.28. The van der Waals surface area contributed by atoms with Crippen LogP contribution in [0, 0.1) is 5.92 Å². The fourth-order valence-electron chi connectivity index (χ4n) is 2.32. The van der Waals surface area contributed by atoms with Crippen LogP contribution in [0.1, 0.15) is 25.7 Å². The van der Waals surface area contributed by atoms with Gasteiger partial charge in [0.15, 0.2) is 0 Å². The van der Waals surface area contributed by atoms with E-state index < -0.39 is 10.0 Å². The van der Waals surface area contributed by atoms with Crippen LogP contribution >= 0.6 is 11.3 Å². The van der Waals surface area contributed by atoms with E-state index in [9.17, 15) is 8.42 Å². The van der Waals surface area contributed by atoms with Crippen molar-refractivity contribution in [2.75, 3.05) is 6.54 Å². The van der Waals surface area contributed by atoms with Gasteiger partial charge in [-0.25, -0.2) is 13.1 Å². The highest BCUT2D eigenvalue weighted by atomic mass is 32.2. The van der Waals surface area contributed by atoms with Crippen molar-refractivity contribution < 1.29 is 8.42 Å². The van der Waals surface area contributed by atoms with Crippen molar-refractivity contribution in [1.29, 1.82) is 0 Å². The molecule has 2 unspecified atom stereocenters. The van der Waals surface area contributed by atoms with Gasteiger partial charge in [-0.3, -0.25) is 0 Å². The zero-order valence-corrected chi connectivity index (χ0v) is 11.3. The summed E-state index contributed by atoms with van der Waals surface area (Å²) in [5, 5.41) is 1.77. The second-order valence-corrected chi connectivity index (χ2v) is 7.33. The maximum absolute atomic E-state index is 12.1. The summed E-state index contributed by atoms with van der Waals surface area (Å²) in [5.41, 5.74) is 5.70. The normalized spacial score (nSPS) is 25.9. The molecule has 2 atom stereocenters. The molecule has 0 amide bonds. The van der Waals surface area contributed by atoms with E-state index in [0.717, 1.165) is 25.7 Å². The first-order valence-electron chi connectivity index (χ1n) is 5.89. The zero-order chi connectivity index (χ0) is 12.3. The number of sulfonamides is 1. The number of rotatable bonds is 4. The van der Waals surface area contributed by atoms with Crippen molar-refractivity contribution in [3.8, 4) is 0 Å². The topological polar surface area (TPSA) is 72.2 Å². The first kappa shape index (κ1) is 13.0.